The number of nitrogens with zero attached hydrogens (tertiary/aromatic N) is 1. The molecule has 0 unspecified atom stereocenters. The van der Waals surface area contributed by atoms with Crippen LogP contribution < -0.4 is 0 Å². The summed E-state index contributed by atoms with van der Waals surface area (Å²) in [4.78, 5) is 10.7. The van der Waals surface area contributed by atoms with Gasteiger partial charge >= 0.3 is 5.97 Å². The van der Waals surface area contributed by atoms with Gasteiger partial charge in [0.25, 0.3) is 10.0 Å². The van der Waals surface area contributed by atoms with Crippen molar-refractivity contribution in [3.63, 3.8) is 0 Å². The van der Waals surface area contributed by atoms with Crippen molar-refractivity contribution >= 4 is 32.8 Å². The minimum absolute atomic E-state index is 0.181. The monoisotopic (exact) mass is 327 g/mol. The maximum absolute atomic E-state index is 12.7. The highest BCUT2D eigenvalue weighted by molar-refractivity contribution is 7.90. The second-order valence-corrected chi connectivity index (χ2v) is 6.80. The number of carboxylic acid groups (broad SMARTS) is 1. The molecule has 5 nitrogen and oxygen atoms in total. The molecule has 0 fully saturated rings. The van der Waals surface area contributed by atoms with Crippen molar-refractivity contribution in [1.82, 2.24) is 3.97 Å². The fourth-order valence-electron chi connectivity index (χ4n) is 2.26. The number of hydrogen-bond acceptors (Lipinski definition) is 3. The Morgan fingerprint density at radius 3 is 2.52 bits per heavy atom. The first-order valence-electron chi connectivity index (χ1n) is 6.80. The van der Waals surface area contributed by atoms with Gasteiger partial charge in [0, 0.05) is 18.5 Å². The molecule has 1 heterocycles. The van der Waals surface area contributed by atoms with Crippen LogP contribution in [-0.4, -0.2) is 23.5 Å². The van der Waals surface area contributed by atoms with Crippen molar-refractivity contribution in [3.8, 4) is 0 Å². The smallest absolute Gasteiger partial charge is 0.328 e. The van der Waals surface area contributed by atoms with E-state index < -0.39 is 16.0 Å². The van der Waals surface area contributed by atoms with Crippen molar-refractivity contribution in [2.75, 3.05) is 0 Å². The van der Waals surface area contributed by atoms with E-state index in [-0.39, 0.29) is 4.90 Å². The molecular weight excluding hydrogens is 314 g/mol. The van der Waals surface area contributed by atoms with Gasteiger partial charge in [-0.25, -0.2) is 17.2 Å². The van der Waals surface area contributed by atoms with Crippen LogP contribution in [0.1, 0.15) is 5.56 Å². The van der Waals surface area contributed by atoms with Crippen LogP contribution in [0.15, 0.2) is 71.9 Å². The van der Waals surface area contributed by atoms with Crippen LogP contribution in [0, 0.1) is 0 Å². The lowest BCUT2D eigenvalue weighted by Gasteiger charge is -2.07. The molecule has 0 amide bonds. The quantitative estimate of drug-likeness (QED) is 0.747. The second kappa shape index (κ2) is 5.73. The van der Waals surface area contributed by atoms with Gasteiger partial charge in [-0.3, -0.25) is 0 Å². The molecular formula is C17H13NO4S. The molecule has 0 saturated carbocycles. The zero-order valence-corrected chi connectivity index (χ0v) is 12.8. The second-order valence-electron chi connectivity index (χ2n) is 4.96. The molecule has 0 saturated heterocycles. The SMILES string of the molecule is O=C(O)/C=C/c1ccn(S(=O)(=O)c2ccc3ccccc3c2)c1. The van der Waals surface area contributed by atoms with Crippen LogP contribution in [0.4, 0.5) is 0 Å². The zero-order valence-electron chi connectivity index (χ0n) is 12.0. The van der Waals surface area contributed by atoms with Gasteiger partial charge in [0.2, 0.25) is 0 Å². The molecule has 0 aliphatic heterocycles. The van der Waals surface area contributed by atoms with Crippen LogP contribution in [-0.2, 0) is 14.8 Å². The van der Waals surface area contributed by atoms with Gasteiger partial charge in [-0.1, -0.05) is 30.3 Å². The maximum Gasteiger partial charge on any atom is 0.328 e. The first-order valence-corrected chi connectivity index (χ1v) is 8.24. The highest BCUT2D eigenvalue weighted by Crippen LogP contribution is 2.21. The summed E-state index contributed by atoms with van der Waals surface area (Å²) in [5, 5.41) is 10.4. The highest BCUT2D eigenvalue weighted by atomic mass is 32.2. The third-order valence-electron chi connectivity index (χ3n) is 3.40. The summed E-state index contributed by atoms with van der Waals surface area (Å²) in [6.07, 6.45) is 5.08. The predicted octanol–water partition coefficient (Wildman–Crippen LogP) is 2.98. The van der Waals surface area contributed by atoms with Gasteiger partial charge in [0.05, 0.1) is 4.90 Å². The minimum Gasteiger partial charge on any atom is -0.478 e. The summed E-state index contributed by atoms with van der Waals surface area (Å²) >= 11 is 0. The fraction of sp³-hybridized carbons (Fsp3) is 0. The van der Waals surface area contributed by atoms with E-state index in [0.29, 0.717) is 5.56 Å². The summed E-state index contributed by atoms with van der Waals surface area (Å²) < 4.78 is 26.4. The number of aromatic nitrogens is 1. The van der Waals surface area contributed by atoms with E-state index in [1.165, 1.54) is 24.5 Å². The summed E-state index contributed by atoms with van der Waals surface area (Å²) in [6, 6.07) is 14.0. The molecule has 3 rings (SSSR count). The number of rotatable bonds is 4. The molecule has 23 heavy (non-hydrogen) atoms. The summed E-state index contributed by atoms with van der Waals surface area (Å²) in [5.74, 6) is -1.09. The van der Waals surface area contributed by atoms with Crippen LogP contribution in [0.3, 0.4) is 0 Å². The average molecular weight is 327 g/mol. The Labute approximate surface area is 133 Å². The summed E-state index contributed by atoms with van der Waals surface area (Å²) in [7, 11) is -3.71. The molecule has 0 aliphatic rings. The number of aliphatic carboxylic acids is 1. The van der Waals surface area contributed by atoms with E-state index in [1.54, 1.807) is 18.2 Å². The normalized spacial score (nSPS) is 12.0. The molecule has 0 bridgehead atoms. The lowest BCUT2D eigenvalue weighted by atomic mass is 10.1. The van der Waals surface area contributed by atoms with Crippen molar-refractivity contribution in [2.24, 2.45) is 0 Å². The molecule has 3 aromatic rings. The Morgan fingerprint density at radius 2 is 1.78 bits per heavy atom. The molecule has 0 atom stereocenters. The standard InChI is InChI=1S/C17H13NO4S/c19-17(20)8-5-13-9-10-18(12-13)23(21,22)16-7-6-14-3-1-2-4-15(14)11-16/h1-12H,(H,19,20)/b8-5+. The Hall–Kier alpha value is -2.86. The van der Waals surface area contributed by atoms with Crippen LogP contribution in [0.25, 0.3) is 16.8 Å². The summed E-state index contributed by atoms with van der Waals surface area (Å²) in [5.41, 5.74) is 0.497. The van der Waals surface area contributed by atoms with Gasteiger partial charge in [-0.05, 0) is 40.6 Å². The topological polar surface area (TPSA) is 76.4 Å². The number of benzene rings is 2. The first kappa shape index (κ1) is 15.1. The number of hydrogen-bond donors (Lipinski definition) is 1. The van der Waals surface area contributed by atoms with Crippen molar-refractivity contribution < 1.29 is 18.3 Å². The minimum atomic E-state index is -3.71. The fourth-order valence-corrected chi connectivity index (χ4v) is 3.50. The van der Waals surface area contributed by atoms with Crippen LogP contribution >= 0.6 is 0 Å². The van der Waals surface area contributed by atoms with E-state index >= 15 is 0 Å². The van der Waals surface area contributed by atoms with E-state index in [2.05, 4.69) is 0 Å². The van der Waals surface area contributed by atoms with Crippen molar-refractivity contribution in [1.29, 1.82) is 0 Å². The zero-order chi connectivity index (χ0) is 16.4. The summed E-state index contributed by atoms with van der Waals surface area (Å²) in [6.45, 7) is 0. The van der Waals surface area contributed by atoms with Crippen molar-refractivity contribution in [3.05, 3.63) is 72.6 Å². The molecule has 1 aromatic heterocycles. The lowest BCUT2D eigenvalue weighted by molar-refractivity contribution is -0.131. The Kier molecular flexibility index (Phi) is 3.75. The van der Waals surface area contributed by atoms with Crippen LogP contribution in [0.5, 0.6) is 0 Å². The van der Waals surface area contributed by atoms with Crippen LogP contribution in [0.2, 0.25) is 0 Å². The van der Waals surface area contributed by atoms with E-state index in [0.717, 1.165) is 20.8 Å². The highest BCUT2D eigenvalue weighted by Gasteiger charge is 2.16. The largest absolute Gasteiger partial charge is 0.478 e. The first-order chi connectivity index (χ1) is 11.0. The van der Waals surface area contributed by atoms with E-state index in [4.69, 9.17) is 5.11 Å². The van der Waals surface area contributed by atoms with E-state index in [1.807, 2.05) is 24.3 Å². The van der Waals surface area contributed by atoms with E-state index in [9.17, 15) is 13.2 Å². The van der Waals surface area contributed by atoms with Gasteiger partial charge < -0.3 is 5.11 Å². The van der Waals surface area contributed by atoms with Gasteiger partial charge in [-0.2, -0.15) is 0 Å². The van der Waals surface area contributed by atoms with Gasteiger partial charge in [0.1, 0.15) is 0 Å². The van der Waals surface area contributed by atoms with Gasteiger partial charge in [0.15, 0.2) is 0 Å². The number of carbonyl (C=O) groups is 1. The molecule has 0 aliphatic carbocycles. The molecule has 116 valence electrons. The Bertz CT molecular complexity index is 1020. The molecule has 1 N–H and O–H groups in total. The molecule has 6 heteroatoms. The van der Waals surface area contributed by atoms with Crippen molar-refractivity contribution in [2.45, 2.75) is 4.90 Å². The predicted molar refractivity (Wildman–Crippen MR) is 87.6 cm³/mol. The molecule has 2 aromatic carbocycles. The number of carboxylic acids is 1. The average Bonchev–Trinajstić information content (AvgIpc) is 3.02. The maximum atomic E-state index is 12.7. The molecule has 0 radical (unpaired) electrons. The Balaban J connectivity index is 2.01. The third-order valence-corrected chi connectivity index (χ3v) is 5.04. The lowest BCUT2D eigenvalue weighted by Crippen LogP contribution is -2.10. The number of fused-ring (bicyclic) bond motifs is 1. The third kappa shape index (κ3) is 3.02. The van der Waals surface area contributed by atoms with Gasteiger partial charge in [-0.15, -0.1) is 0 Å². The Morgan fingerprint density at radius 1 is 1.04 bits per heavy atom. The molecule has 0 spiro atoms.